The molecule has 0 unspecified atom stereocenters. The molecule has 2 aromatic carbocycles. The monoisotopic (exact) mass is 436 g/mol. The average molecular weight is 437 g/mol. The molecule has 0 aliphatic rings. The van der Waals surface area contributed by atoms with Crippen molar-refractivity contribution in [2.75, 3.05) is 13.2 Å². The molecule has 0 bridgehead atoms. The maximum atomic E-state index is 13.0. The summed E-state index contributed by atoms with van der Waals surface area (Å²) in [6.07, 6.45) is 1.30. The highest BCUT2D eigenvalue weighted by molar-refractivity contribution is 6.42. The van der Waals surface area contributed by atoms with Gasteiger partial charge in [0.05, 0.1) is 10.0 Å². The van der Waals surface area contributed by atoms with Gasteiger partial charge in [0.25, 0.3) is 5.91 Å². The number of carbonyl (C=O) groups excluding carboxylic acids is 2. The number of hydrogen-bond donors (Lipinski definition) is 1. The van der Waals surface area contributed by atoms with Gasteiger partial charge in [-0.05, 0) is 42.7 Å². The Morgan fingerprint density at radius 3 is 2.41 bits per heavy atom. The Bertz CT molecular complexity index is 815. The SMILES string of the molecule is CCCNC(=O)[C@H](CC)N(Cc1ccc(Cl)c(Cl)c1)C(=O)COc1ccccc1. The van der Waals surface area contributed by atoms with Crippen molar-refractivity contribution in [3.8, 4) is 5.75 Å². The Labute approximate surface area is 181 Å². The Hall–Kier alpha value is -2.24. The maximum Gasteiger partial charge on any atom is 0.261 e. The third-order valence-electron chi connectivity index (χ3n) is 4.38. The fraction of sp³-hybridized carbons (Fsp3) is 0.364. The number of halogens is 2. The van der Waals surface area contributed by atoms with E-state index in [-0.39, 0.29) is 25.0 Å². The van der Waals surface area contributed by atoms with Gasteiger partial charge in [0.2, 0.25) is 5.91 Å². The van der Waals surface area contributed by atoms with Crippen LogP contribution in [0.2, 0.25) is 10.0 Å². The zero-order chi connectivity index (χ0) is 21.2. The minimum atomic E-state index is -0.608. The second-order valence-corrected chi connectivity index (χ2v) is 7.40. The van der Waals surface area contributed by atoms with E-state index in [1.807, 2.05) is 32.0 Å². The summed E-state index contributed by atoms with van der Waals surface area (Å²) in [5.74, 6) is 0.139. The van der Waals surface area contributed by atoms with Crippen molar-refractivity contribution < 1.29 is 14.3 Å². The molecule has 2 aromatic rings. The van der Waals surface area contributed by atoms with Crippen molar-refractivity contribution in [3.63, 3.8) is 0 Å². The molecular formula is C22H26Cl2N2O3. The Balaban J connectivity index is 2.21. The van der Waals surface area contributed by atoms with Crippen molar-refractivity contribution in [1.82, 2.24) is 10.2 Å². The predicted octanol–water partition coefficient (Wildman–Crippen LogP) is 4.71. The molecule has 0 fully saturated rings. The van der Waals surface area contributed by atoms with Crippen LogP contribution in [0.15, 0.2) is 48.5 Å². The number of para-hydroxylation sites is 1. The molecule has 2 amide bonds. The summed E-state index contributed by atoms with van der Waals surface area (Å²) in [6.45, 7) is 4.48. The van der Waals surface area contributed by atoms with Gasteiger partial charge >= 0.3 is 0 Å². The average Bonchev–Trinajstić information content (AvgIpc) is 2.73. The fourth-order valence-corrected chi connectivity index (χ4v) is 3.19. The molecule has 0 aromatic heterocycles. The number of hydrogen-bond acceptors (Lipinski definition) is 3. The van der Waals surface area contributed by atoms with Gasteiger partial charge in [-0.3, -0.25) is 9.59 Å². The lowest BCUT2D eigenvalue weighted by atomic mass is 10.1. The van der Waals surface area contributed by atoms with Crippen LogP contribution in [-0.4, -0.2) is 35.9 Å². The number of carbonyl (C=O) groups is 2. The molecule has 156 valence electrons. The number of benzene rings is 2. The van der Waals surface area contributed by atoms with Crippen LogP contribution in [0.1, 0.15) is 32.3 Å². The highest BCUT2D eigenvalue weighted by atomic mass is 35.5. The quantitative estimate of drug-likeness (QED) is 0.586. The number of rotatable bonds is 10. The lowest BCUT2D eigenvalue weighted by molar-refractivity contribution is -0.143. The first-order valence-corrected chi connectivity index (χ1v) is 10.4. The second kappa shape index (κ2) is 11.7. The predicted molar refractivity (Wildman–Crippen MR) is 116 cm³/mol. The zero-order valence-corrected chi connectivity index (χ0v) is 18.2. The summed E-state index contributed by atoms with van der Waals surface area (Å²) in [7, 11) is 0. The first-order valence-electron chi connectivity index (χ1n) is 9.65. The van der Waals surface area contributed by atoms with E-state index in [0.29, 0.717) is 28.8 Å². The van der Waals surface area contributed by atoms with Gasteiger partial charge in [0.15, 0.2) is 6.61 Å². The van der Waals surface area contributed by atoms with E-state index in [9.17, 15) is 9.59 Å². The van der Waals surface area contributed by atoms with Gasteiger partial charge in [0.1, 0.15) is 11.8 Å². The molecule has 0 saturated heterocycles. The Morgan fingerprint density at radius 2 is 1.79 bits per heavy atom. The van der Waals surface area contributed by atoms with E-state index in [1.54, 1.807) is 30.3 Å². The summed E-state index contributed by atoms with van der Waals surface area (Å²) in [5, 5.41) is 3.72. The number of amides is 2. The molecule has 0 aliphatic heterocycles. The van der Waals surface area contributed by atoms with Crippen LogP contribution in [-0.2, 0) is 16.1 Å². The second-order valence-electron chi connectivity index (χ2n) is 6.59. The molecule has 7 heteroatoms. The lowest BCUT2D eigenvalue weighted by Crippen LogP contribution is -2.50. The smallest absolute Gasteiger partial charge is 0.261 e. The van der Waals surface area contributed by atoms with E-state index >= 15 is 0 Å². The molecule has 29 heavy (non-hydrogen) atoms. The third-order valence-corrected chi connectivity index (χ3v) is 5.12. The molecule has 2 rings (SSSR count). The topological polar surface area (TPSA) is 58.6 Å². The van der Waals surface area contributed by atoms with Crippen LogP contribution in [0.4, 0.5) is 0 Å². The molecule has 0 heterocycles. The van der Waals surface area contributed by atoms with Crippen molar-refractivity contribution >= 4 is 35.0 Å². The van der Waals surface area contributed by atoms with E-state index in [2.05, 4.69) is 5.32 Å². The fourth-order valence-electron chi connectivity index (χ4n) is 2.86. The number of nitrogens with one attached hydrogen (secondary N) is 1. The van der Waals surface area contributed by atoms with Crippen LogP contribution >= 0.6 is 23.2 Å². The first-order chi connectivity index (χ1) is 14.0. The summed E-state index contributed by atoms with van der Waals surface area (Å²) in [4.78, 5) is 27.2. The first kappa shape index (κ1) is 23.0. The molecule has 1 N–H and O–H groups in total. The van der Waals surface area contributed by atoms with Gasteiger partial charge in [-0.1, -0.05) is 61.3 Å². The number of ether oxygens (including phenoxy) is 1. The van der Waals surface area contributed by atoms with Crippen molar-refractivity contribution in [2.24, 2.45) is 0 Å². The molecule has 0 saturated carbocycles. The van der Waals surface area contributed by atoms with Crippen LogP contribution in [0.25, 0.3) is 0 Å². The van der Waals surface area contributed by atoms with E-state index < -0.39 is 6.04 Å². The van der Waals surface area contributed by atoms with E-state index in [1.165, 1.54) is 4.90 Å². The van der Waals surface area contributed by atoms with E-state index in [0.717, 1.165) is 12.0 Å². The van der Waals surface area contributed by atoms with Crippen LogP contribution < -0.4 is 10.1 Å². The zero-order valence-electron chi connectivity index (χ0n) is 16.7. The summed E-state index contributed by atoms with van der Waals surface area (Å²) >= 11 is 12.1. The summed E-state index contributed by atoms with van der Waals surface area (Å²) in [5.41, 5.74) is 0.786. The van der Waals surface area contributed by atoms with Gasteiger partial charge in [-0.25, -0.2) is 0 Å². The van der Waals surface area contributed by atoms with Crippen LogP contribution in [0, 0.1) is 0 Å². The largest absolute Gasteiger partial charge is 0.484 e. The van der Waals surface area contributed by atoms with Gasteiger partial charge in [-0.15, -0.1) is 0 Å². The Morgan fingerprint density at radius 1 is 1.07 bits per heavy atom. The third kappa shape index (κ3) is 6.94. The highest BCUT2D eigenvalue weighted by Gasteiger charge is 2.28. The molecule has 0 aliphatic carbocycles. The normalized spacial score (nSPS) is 11.6. The maximum absolute atomic E-state index is 13.0. The van der Waals surface area contributed by atoms with Gasteiger partial charge < -0.3 is 15.0 Å². The van der Waals surface area contributed by atoms with Crippen molar-refractivity contribution in [2.45, 2.75) is 39.3 Å². The summed E-state index contributed by atoms with van der Waals surface area (Å²) < 4.78 is 5.61. The number of nitrogens with zero attached hydrogens (tertiary/aromatic N) is 1. The molecule has 1 atom stereocenters. The summed E-state index contributed by atoms with van der Waals surface area (Å²) in [6, 6.07) is 13.7. The van der Waals surface area contributed by atoms with Crippen LogP contribution in [0.3, 0.4) is 0 Å². The molecule has 0 radical (unpaired) electrons. The van der Waals surface area contributed by atoms with Crippen molar-refractivity contribution in [1.29, 1.82) is 0 Å². The highest BCUT2D eigenvalue weighted by Crippen LogP contribution is 2.24. The van der Waals surface area contributed by atoms with Gasteiger partial charge in [0, 0.05) is 13.1 Å². The Kier molecular flexibility index (Phi) is 9.29. The van der Waals surface area contributed by atoms with Gasteiger partial charge in [-0.2, -0.15) is 0 Å². The lowest BCUT2D eigenvalue weighted by Gasteiger charge is -2.30. The van der Waals surface area contributed by atoms with Crippen LogP contribution in [0.5, 0.6) is 5.75 Å². The molecule has 5 nitrogen and oxygen atoms in total. The van der Waals surface area contributed by atoms with Crippen molar-refractivity contribution in [3.05, 3.63) is 64.1 Å². The standard InChI is InChI=1S/C22H26Cl2N2O3/c1-3-12-25-22(28)20(4-2)26(14-16-10-11-18(23)19(24)13-16)21(27)15-29-17-8-6-5-7-9-17/h5-11,13,20H,3-4,12,14-15H2,1-2H3,(H,25,28)/t20-/m0/s1. The minimum absolute atomic E-state index is 0.164. The van der Waals surface area contributed by atoms with E-state index in [4.69, 9.17) is 27.9 Å². The molecule has 0 spiro atoms. The minimum Gasteiger partial charge on any atom is -0.484 e. The molecular weight excluding hydrogens is 411 g/mol.